The van der Waals surface area contributed by atoms with Crippen LogP contribution in [0.25, 0.3) is 0 Å². The fraction of sp³-hybridized carbons (Fsp3) is 0.167. The SMILES string of the molecule is Cc1cccc(C(O)c2cncnc2)c1I. The van der Waals surface area contributed by atoms with Crippen LogP contribution in [0.3, 0.4) is 0 Å². The Hall–Kier alpha value is -1.01. The van der Waals surface area contributed by atoms with Gasteiger partial charge >= 0.3 is 0 Å². The molecule has 2 rings (SSSR count). The number of aryl methyl sites for hydroxylation is 1. The van der Waals surface area contributed by atoms with Crippen LogP contribution < -0.4 is 0 Å². The molecule has 0 radical (unpaired) electrons. The Morgan fingerprint density at radius 3 is 2.62 bits per heavy atom. The first-order valence-corrected chi connectivity index (χ1v) is 5.96. The second-order valence-electron chi connectivity index (χ2n) is 3.55. The summed E-state index contributed by atoms with van der Waals surface area (Å²) < 4.78 is 1.08. The number of rotatable bonds is 2. The zero-order valence-corrected chi connectivity index (χ0v) is 10.9. The summed E-state index contributed by atoms with van der Waals surface area (Å²) in [7, 11) is 0. The molecule has 4 heteroatoms. The van der Waals surface area contributed by atoms with Gasteiger partial charge in [0.1, 0.15) is 12.4 Å². The molecule has 1 N–H and O–H groups in total. The fourth-order valence-corrected chi connectivity index (χ4v) is 2.17. The van der Waals surface area contributed by atoms with E-state index in [-0.39, 0.29) is 0 Å². The van der Waals surface area contributed by atoms with E-state index in [0.717, 1.165) is 14.7 Å². The van der Waals surface area contributed by atoms with Gasteiger partial charge in [0.15, 0.2) is 0 Å². The van der Waals surface area contributed by atoms with Gasteiger partial charge in [-0.3, -0.25) is 0 Å². The minimum absolute atomic E-state index is 0.659. The number of aliphatic hydroxyl groups excluding tert-OH is 1. The summed E-state index contributed by atoms with van der Waals surface area (Å²) in [5.74, 6) is 0. The van der Waals surface area contributed by atoms with Gasteiger partial charge in [0.05, 0.1) is 0 Å². The molecule has 0 spiro atoms. The van der Waals surface area contributed by atoms with E-state index in [1.54, 1.807) is 12.4 Å². The Kier molecular flexibility index (Phi) is 3.50. The number of aliphatic hydroxyl groups is 1. The summed E-state index contributed by atoms with van der Waals surface area (Å²) in [6.07, 6.45) is 4.07. The van der Waals surface area contributed by atoms with Crippen LogP contribution in [-0.2, 0) is 0 Å². The Morgan fingerprint density at radius 1 is 1.25 bits per heavy atom. The first-order chi connectivity index (χ1) is 7.70. The van der Waals surface area contributed by atoms with Gasteiger partial charge < -0.3 is 5.11 Å². The van der Waals surface area contributed by atoms with Crippen LogP contribution in [0.2, 0.25) is 0 Å². The van der Waals surface area contributed by atoms with Gasteiger partial charge in [-0.25, -0.2) is 9.97 Å². The molecule has 0 fully saturated rings. The van der Waals surface area contributed by atoms with Crippen LogP contribution in [-0.4, -0.2) is 15.1 Å². The van der Waals surface area contributed by atoms with Gasteiger partial charge in [-0.15, -0.1) is 0 Å². The molecule has 3 nitrogen and oxygen atoms in total. The van der Waals surface area contributed by atoms with Crippen LogP contribution >= 0.6 is 22.6 Å². The molecule has 0 saturated carbocycles. The van der Waals surface area contributed by atoms with Crippen molar-refractivity contribution in [2.24, 2.45) is 0 Å². The van der Waals surface area contributed by atoms with Gasteiger partial charge in [0.25, 0.3) is 0 Å². The minimum Gasteiger partial charge on any atom is -0.384 e. The summed E-state index contributed by atoms with van der Waals surface area (Å²) in [5.41, 5.74) is 2.77. The first kappa shape index (κ1) is 11.5. The third-order valence-corrected chi connectivity index (χ3v) is 3.89. The summed E-state index contributed by atoms with van der Waals surface area (Å²) in [5, 5.41) is 10.2. The molecular weight excluding hydrogens is 315 g/mol. The topological polar surface area (TPSA) is 46.0 Å². The lowest BCUT2D eigenvalue weighted by atomic mass is 10.0. The second kappa shape index (κ2) is 4.88. The molecule has 0 saturated heterocycles. The Labute approximate surface area is 108 Å². The van der Waals surface area contributed by atoms with Crippen molar-refractivity contribution in [1.82, 2.24) is 9.97 Å². The van der Waals surface area contributed by atoms with Crippen molar-refractivity contribution >= 4 is 22.6 Å². The van der Waals surface area contributed by atoms with Crippen LogP contribution in [0.15, 0.2) is 36.9 Å². The van der Waals surface area contributed by atoms with E-state index in [2.05, 4.69) is 32.6 Å². The molecule has 82 valence electrons. The lowest BCUT2D eigenvalue weighted by Gasteiger charge is -2.13. The average molecular weight is 326 g/mol. The molecule has 0 amide bonds. The number of benzene rings is 1. The lowest BCUT2D eigenvalue weighted by molar-refractivity contribution is 0.218. The Bertz CT molecular complexity index is 488. The molecule has 1 aromatic carbocycles. The van der Waals surface area contributed by atoms with Gasteiger partial charge in [-0.2, -0.15) is 0 Å². The monoisotopic (exact) mass is 326 g/mol. The number of hydrogen-bond donors (Lipinski definition) is 1. The van der Waals surface area contributed by atoms with Crippen LogP contribution in [0.5, 0.6) is 0 Å². The number of nitrogens with zero attached hydrogens (tertiary/aromatic N) is 2. The lowest BCUT2D eigenvalue weighted by Crippen LogP contribution is -2.03. The van der Waals surface area contributed by atoms with Crippen LogP contribution in [0.1, 0.15) is 22.8 Å². The summed E-state index contributed by atoms with van der Waals surface area (Å²) >= 11 is 2.25. The molecule has 1 atom stereocenters. The maximum Gasteiger partial charge on any atom is 0.115 e. The predicted octanol–water partition coefficient (Wildman–Crippen LogP) is 2.47. The molecule has 1 unspecified atom stereocenters. The number of hydrogen-bond acceptors (Lipinski definition) is 3. The molecule has 2 aromatic rings. The van der Waals surface area contributed by atoms with Crippen molar-refractivity contribution in [3.63, 3.8) is 0 Å². The Balaban J connectivity index is 2.42. The third-order valence-electron chi connectivity index (χ3n) is 2.41. The molecule has 0 aliphatic rings. The van der Waals surface area contributed by atoms with E-state index in [1.165, 1.54) is 6.33 Å². The largest absolute Gasteiger partial charge is 0.384 e. The molecule has 16 heavy (non-hydrogen) atoms. The van der Waals surface area contributed by atoms with E-state index >= 15 is 0 Å². The number of halogens is 1. The highest BCUT2D eigenvalue weighted by Crippen LogP contribution is 2.26. The summed E-state index contributed by atoms with van der Waals surface area (Å²) in [6.45, 7) is 2.03. The van der Waals surface area contributed by atoms with E-state index in [1.807, 2.05) is 25.1 Å². The van der Waals surface area contributed by atoms with E-state index in [9.17, 15) is 5.11 Å². The highest BCUT2D eigenvalue weighted by atomic mass is 127. The number of aromatic nitrogens is 2. The highest BCUT2D eigenvalue weighted by molar-refractivity contribution is 14.1. The molecule has 0 aliphatic carbocycles. The molecule has 1 aromatic heterocycles. The van der Waals surface area contributed by atoms with Crippen molar-refractivity contribution in [3.8, 4) is 0 Å². The summed E-state index contributed by atoms with van der Waals surface area (Å²) in [6, 6.07) is 5.89. The Morgan fingerprint density at radius 2 is 1.94 bits per heavy atom. The van der Waals surface area contributed by atoms with Crippen molar-refractivity contribution in [2.75, 3.05) is 0 Å². The van der Waals surface area contributed by atoms with Crippen molar-refractivity contribution in [3.05, 3.63) is 57.2 Å². The molecule has 0 aliphatic heterocycles. The van der Waals surface area contributed by atoms with E-state index in [0.29, 0.717) is 5.56 Å². The van der Waals surface area contributed by atoms with Gasteiger partial charge in [-0.1, -0.05) is 18.2 Å². The van der Waals surface area contributed by atoms with Crippen molar-refractivity contribution in [2.45, 2.75) is 13.0 Å². The first-order valence-electron chi connectivity index (χ1n) is 4.88. The van der Waals surface area contributed by atoms with E-state index in [4.69, 9.17) is 0 Å². The van der Waals surface area contributed by atoms with Gasteiger partial charge in [0, 0.05) is 21.5 Å². The van der Waals surface area contributed by atoms with E-state index < -0.39 is 6.10 Å². The summed E-state index contributed by atoms with van der Waals surface area (Å²) in [4.78, 5) is 7.82. The normalized spacial score (nSPS) is 12.4. The van der Waals surface area contributed by atoms with Crippen LogP contribution in [0, 0.1) is 10.5 Å². The van der Waals surface area contributed by atoms with Crippen molar-refractivity contribution in [1.29, 1.82) is 0 Å². The maximum absolute atomic E-state index is 10.2. The molecule has 0 bridgehead atoms. The zero-order chi connectivity index (χ0) is 11.5. The fourth-order valence-electron chi connectivity index (χ4n) is 1.51. The average Bonchev–Trinajstić information content (AvgIpc) is 2.33. The zero-order valence-electron chi connectivity index (χ0n) is 8.76. The molecular formula is C12H11IN2O. The highest BCUT2D eigenvalue weighted by Gasteiger charge is 2.14. The van der Waals surface area contributed by atoms with Gasteiger partial charge in [-0.05, 0) is 40.6 Å². The van der Waals surface area contributed by atoms with Crippen LogP contribution in [0.4, 0.5) is 0 Å². The quantitative estimate of drug-likeness (QED) is 0.863. The molecule has 1 heterocycles. The standard InChI is InChI=1S/C12H11IN2O/c1-8-3-2-4-10(11(8)13)12(16)9-5-14-7-15-6-9/h2-7,12,16H,1H3. The smallest absolute Gasteiger partial charge is 0.115 e. The van der Waals surface area contributed by atoms with Crippen molar-refractivity contribution < 1.29 is 5.11 Å². The third kappa shape index (κ3) is 2.22. The minimum atomic E-state index is -0.659. The van der Waals surface area contributed by atoms with Gasteiger partial charge in [0.2, 0.25) is 0 Å². The second-order valence-corrected chi connectivity index (χ2v) is 4.63. The predicted molar refractivity (Wildman–Crippen MR) is 70.0 cm³/mol. The maximum atomic E-state index is 10.2.